The summed E-state index contributed by atoms with van der Waals surface area (Å²) in [6.07, 6.45) is -0.187. The molecule has 1 unspecified atom stereocenters. The maximum Gasteiger partial charge on any atom is 0.184 e. The predicted molar refractivity (Wildman–Crippen MR) is 66.0 cm³/mol. The standard InChI is InChI=1S/C13H24O5/c1-8(14)5-4-6-9(2)17-13-12(16)7-11(15)10(3)18-13/h9-13,15-16H,4-7H2,1-3H3/t9-,10?,11-,12+,13-/m1/s1. The van der Waals surface area contributed by atoms with Crippen molar-refractivity contribution in [3.63, 3.8) is 0 Å². The Bertz CT molecular complexity index is 268. The van der Waals surface area contributed by atoms with Crippen molar-refractivity contribution in [3.05, 3.63) is 0 Å². The van der Waals surface area contributed by atoms with Gasteiger partial charge in [-0.2, -0.15) is 0 Å². The highest BCUT2D eigenvalue weighted by atomic mass is 16.7. The van der Waals surface area contributed by atoms with Gasteiger partial charge in [0.1, 0.15) is 11.9 Å². The molecule has 2 N–H and O–H groups in total. The lowest BCUT2D eigenvalue weighted by Gasteiger charge is -2.36. The number of aliphatic hydroxyl groups is 2. The summed E-state index contributed by atoms with van der Waals surface area (Å²) in [5, 5.41) is 19.3. The van der Waals surface area contributed by atoms with Gasteiger partial charge in [-0.05, 0) is 33.6 Å². The number of hydrogen-bond donors (Lipinski definition) is 2. The van der Waals surface area contributed by atoms with Crippen molar-refractivity contribution in [2.75, 3.05) is 0 Å². The molecule has 106 valence electrons. The Kier molecular flexibility index (Phi) is 6.21. The van der Waals surface area contributed by atoms with E-state index >= 15 is 0 Å². The number of carbonyl (C=O) groups excluding carboxylic acids is 1. The summed E-state index contributed by atoms with van der Waals surface area (Å²) < 4.78 is 11.0. The van der Waals surface area contributed by atoms with Gasteiger partial charge in [-0.3, -0.25) is 0 Å². The molecule has 0 aromatic carbocycles. The molecule has 0 aromatic heterocycles. The fourth-order valence-corrected chi connectivity index (χ4v) is 2.00. The molecule has 0 bridgehead atoms. The molecule has 5 heteroatoms. The number of ether oxygens (including phenoxy) is 2. The van der Waals surface area contributed by atoms with Gasteiger partial charge in [0.25, 0.3) is 0 Å². The summed E-state index contributed by atoms with van der Waals surface area (Å²) in [5.41, 5.74) is 0. The monoisotopic (exact) mass is 260 g/mol. The van der Waals surface area contributed by atoms with Crippen LogP contribution >= 0.6 is 0 Å². The third-order valence-electron chi connectivity index (χ3n) is 3.19. The minimum Gasteiger partial charge on any atom is -0.390 e. The minimum atomic E-state index is -0.800. The van der Waals surface area contributed by atoms with Gasteiger partial charge in [0.2, 0.25) is 0 Å². The molecule has 0 radical (unpaired) electrons. The van der Waals surface area contributed by atoms with E-state index in [1.807, 2.05) is 6.92 Å². The topological polar surface area (TPSA) is 76.0 Å². The van der Waals surface area contributed by atoms with Crippen LogP contribution in [0.2, 0.25) is 0 Å². The van der Waals surface area contributed by atoms with E-state index < -0.39 is 18.5 Å². The zero-order valence-electron chi connectivity index (χ0n) is 11.3. The van der Waals surface area contributed by atoms with E-state index in [4.69, 9.17) is 9.47 Å². The molecule has 0 aromatic rings. The van der Waals surface area contributed by atoms with Gasteiger partial charge >= 0.3 is 0 Å². The van der Waals surface area contributed by atoms with E-state index in [0.29, 0.717) is 6.42 Å². The molecule has 5 nitrogen and oxygen atoms in total. The van der Waals surface area contributed by atoms with E-state index in [2.05, 4.69) is 0 Å². The van der Waals surface area contributed by atoms with Crippen molar-refractivity contribution >= 4 is 5.78 Å². The number of aliphatic hydroxyl groups excluding tert-OH is 2. The van der Waals surface area contributed by atoms with Crippen LogP contribution in [0.3, 0.4) is 0 Å². The number of ketones is 1. The van der Waals surface area contributed by atoms with E-state index in [0.717, 1.165) is 12.8 Å². The van der Waals surface area contributed by atoms with Gasteiger partial charge < -0.3 is 24.5 Å². The summed E-state index contributed by atoms with van der Waals surface area (Å²) >= 11 is 0. The zero-order chi connectivity index (χ0) is 13.7. The summed E-state index contributed by atoms with van der Waals surface area (Å²) in [6, 6.07) is 0. The van der Waals surface area contributed by atoms with E-state index in [1.165, 1.54) is 0 Å². The van der Waals surface area contributed by atoms with Crippen molar-refractivity contribution in [3.8, 4) is 0 Å². The number of rotatable bonds is 6. The first-order valence-corrected chi connectivity index (χ1v) is 6.56. The second kappa shape index (κ2) is 7.19. The Morgan fingerprint density at radius 3 is 2.72 bits per heavy atom. The smallest absolute Gasteiger partial charge is 0.184 e. The fraction of sp³-hybridized carbons (Fsp3) is 0.923. The van der Waals surface area contributed by atoms with E-state index in [9.17, 15) is 15.0 Å². The molecule has 1 aliphatic heterocycles. The molecule has 18 heavy (non-hydrogen) atoms. The number of Topliss-reactive ketones (excluding diaryl/α,β-unsaturated/α-hetero) is 1. The van der Waals surface area contributed by atoms with Crippen LogP contribution in [0.1, 0.15) is 46.5 Å². The molecular formula is C13H24O5. The summed E-state index contributed by atoms with van der Waals surface area (Å²) in [5.74, 6) is 0.174. The Morgan fingerprint density at radius 2 is 2.11 bits per heavy atom. The van der Waals surface area contributed by atoms with Crippen molar-refractivity contribution in [1.29, 1.82) is 0 Å². The van der Waals surface area contributed by atoms with Crippen LogP contribution in [0.15, 0.2) is 0 Å². The first kappa shape index (κ1) is 15.6. The molecule has 5 atom stereocenters. The zero-order valence-corrected chi connectivity index (χ0v) is 11.3. The van der Waals surface area contributed by atoms with Crippen LogP contribution < -0.4 is 0 Å². The molecule has 0 aliphatic carbocycles. The Hall–Kier alpha value is -0.490. The molecule has 0 saturated carbocycles. The first-order chi connectivity index (χ1) is 8.40. The van der Waals surface area contributed by atoms with Crippen LogP contribution in [0.4, 0.5) is 0 Å². The molecular weight excluding hydrogens is 236 g/mol. The van der Waals surface area contributed by atoms with Crippen LogP contribution in [-0.2, 0) is 14.3 Å². The van der Waals surface area contributed by atoms with Gasteiger partial charge in [0, 0.05) is 12.8 Å². The van der Waals surface area contributed by atoms with Crippen LogP contribution in [0.5, 0.6) is 0 Å². The largest absolute Gasteiger partial charge is 0.390 e. The normalized spacial score (nSPS) is 34.3. The SMILES string of the molecule is CC(=O)CCC[C@@H](C)O[C@@H]1OC(C)[C@H](O)C[C@@H]1O. The van der Waals surface area contributed by atoms with Crippen molar-refractivity contribution in [2.45, 2.75) is 77.2 Å². The molecule has 1 fully saturated rings. The minimum absolute atomic E-state index is 0.0774. The van der Waals surface area contributed by atoms with E-state index in [-0.39, 0.29) is 24.4 Å². The third kappa shape index (κ3) is 5.02. The molecule has 0 amide bonds. The maximum atomic E-state index is 10.8. The van der Waals surface area contributed by atoms with Gasteiger partial charge in [-0.25, -0.2) is 0 Å². The number of carbonyl (C=O) groups is 1. The molecule has 1 saturated heterocycles. The molecule has 1 aliphatic rings. The second-order valence-corrected chi connectivity index (χ2v) is 5.12. The average Bonchev–Trinajstić information content (AvgIpc) is 2.25. The summed E-state index contributed by atoms with van der Waals surface area (Å²) in [6.45, 7) is 5.22. The maximum absolute atomic E-state index is 10.8. The van der Waals surface area contributed by atoms with Crippen LogP contribution in [-0.4, -0.2) is 46.7 Å². The predicted octanol–water partition coefficient (Wildman–Crippen LogP) is 1.01. The first-order valence-electron chi connectivity index (χ1n) is 6.56. The van der Waals surface area contributed by atoms with Gasteiger partial charge in [0.15, 0.2) is 6.29 Å². The summed E-state index contributed by atoms with van der Waals surface area (Å²) in [7, 11) is 0. The van der Waals surface area contributed by atoms with Crippen molar-refractivity contribution < 1.29 is 24.5 Å². The van der Waals surface area contributed by atoms with Crippen molar-refractivity contribution in [1.82, 2.24) is 0 Å². The Morgan fingerprint density at radius 1 is 1.44 bits per heavy atom. The summed E-state index contributed by atoms with van der Waals surface area (Å²) in [4.78, 5) is 10.8. The Balaban J connectivity index is 2.30. The van der Waals surface area contributed by atoms with Gasteiger partial charge in [-0.15, -0.1) is 0 Å². The van der Waals surface area contributed by atoms with Crippen molar-refractivity contribution in [2.24, 2.45) is 0 Å². The lowest BCUT2D eigenvalue weighted by molar-refractivity contribution is -0.273. The highest BCUT2D eigenvalue weighted by Crippen LogP contribution is 2.22. The highest BCUT2D eigenvalue weighted by Gasteiger charge is 2.35. The highest BCUT2D eigenvalue weighted by molar-refractivity contribution is 5.75. The lowest BCUT2D eigenvalue weighted by atomic mass is 10.0. The average molecular weight is 260 g/mol. The fourth-order valence-electron chi connectivity index (χ4n) is 2.00. The Labute approximate surface area is 108 Å². The van der Waals surface area contributed by atoms with E-state index in [1.54, 1.807) is 13.8 Å². The number of hydrogen-bond acceptors (Lipinski definition) is 5. The molecule has 1 rings (SSSR count). The quantitative estimate of drug-likeness (QED) is 0.745. The van der Waals surface area contributed by atoms with Crippen LogP contribution in [0.25, 0.3) is 0 Å². The lowest BCUT2D eigenvalue weighted by Crippen LogP contribution is -2.48. The molecule has 0 spiro atoms. The second-order valence-electron chi connectivity index (χ2n) is 5.12. The van der Waals surface area contributed by atoms with Gasteiger partial charge in [-0.1, -0.05) is 0 Å². The third-order valence-corrected chi connectivity index (χ3v) is 3.19. The van der Waals surface area contributed by atoms with Gasteiger partial charge in [0.05, 0.1) is 18.3 Å². The van der Waals surface area contributed by atoms with Crippen LogP contribution in [0, 0.1) is 0 Å². The molecule has 1 heterocycles.